The van der Waals surface area contributed by atoms with Crippen LogP contribution in [0, 0.1) is 0 Å². The fourth-order valence-corrected chi connectivity index (χ4v) is 2.30. The molecule has 2 rings (SSSR count). The number of carboxylic acids is 1. The summed E-state index contributed by atoms with van der Waals surface area (Å²) in [5.74, 6) is -1.01. The standard InChI is InChI=1S/C8H5NO2S2/c10-8(11)7-6-4(12)2-1-3-5(6)13-9-7/h1-3,12H,(H,10,11). The van der Waals surface area contributed by atoms with Crippen LogP contribution in [0.2, 0.25) is 0 Å². The summed E-state index contributed by atoms with van der Waals surface area (Å²) in [6, 6.07) is 5.42. The van der Waals surface area contributed by atoms with Crippen molar-refractivity contribution in [2.75, 3.05) is 0 Å². The fourth-order valence-electron chi connectivity index (χ4n) is 1.12. The molecule has 13 heavy (non-hydrogen) atoms. The number of aromatic carboxylic acids is 1. The Balaban J connectivity index is 2.86. The van der Waals surface area contributed by atoms with Gasteiger partial charge < -0.3 is 5.11 Å². The fraction of sp³-hybridized carbons (Fsp3) is 0. The van der Waals surface area contributed by atoms with Gasteiger partial charge in [0, 0.05) is 10.3 Å². The molecule has 0 aliphatic heterocycles. The van der Waals surface area contributed by atoms with Gasteiger partial charge in [-0.25, -0.2) is 4.79 Å². The summed E-state index contributed by atoms with van der Waals surface area (Å²) in [4.78, 5) is 11.4. The number of rotatable bonds is 1. The van der Waals surface area contributed by atoms with Gasteiger partial charge in [0.25, 0.3) is 0 Å². The number of aromatic nitrogens is 1. The van der Waals surface area contributed by atoms with Crippen molar-refractivity contribution in [2.24, 2.45) is 0 Å². The first-order valence-electron chi connectivity index (χ1n) is 3.51. The second-order valence-electron chi connectivity index (χ2n) is 2.49. The zero-order chi connectivity index (χ0) is 9.42. The minimum Gasteiger partial charge on any atom is -0.476 e. The Kier molecular flexibility index (Phi) is 1.97. The van der Waals surface area contributed by atoms with E-state index in [0.717, 1.165) is 4.70 Å². The molecule has 0 aliphatic rings. The van der Waals surface area contributed by atoms with E-state index in [1.807, 2.05) is 12.1 Å². The van der Waals surface area contributed by atoms with Crippen molar-refractivity contribution < 1.29 is 9.90 Å². The van der Waals surface area contributed by atoms with E-state index >= 15 is 0 Å². The maximum atomic E-state index is 10.7. The molecule has 1 aromatic heterocycles. The number of fused-ring (bicyclic) bond motifs is 1. The van der Waals surface area contributed by atoms with E-state index in [-0.39, 0.29) is 5.69 Å². The molecule has 2 aromatic rings. The van der Waals surface area contributed by atoms with Crippen molar-refractivity contribution in [1.82, 2.24) is 4.37 Å². The van der Waals surface area contributed by atoms with Gasteiger partial charge in [0.2, 0.25) is 0 Å². The molecule has 0 bridgehead atoms. The van der Waals surface area contributed by atoms with Crippen LogP contribution in [-0.2, 0) is 0 Å². The van der Waals surface area contributed by atoms with Crippen LogP contribution < -0.4 is 0 Å². The summed E-state index contributed by atoms with van der Waals surface area (Å²) in [5, 5.41) is 9.43. The number of carbonyl (C=O) groups is 1. The lowest BCUT2D eigenvalue weighted by atomic mass is 10.2. The molecule has 66 valence electrons. The number of carboxylic acid groups (broad SMARTS) is 1. The molecular weight excluding hydrogens is 206 g/mol. The molecular formula is C8H5NO2S2. The quantitative estimate of drug-likeness (QED) is 0.711. The summed E-state index contributed by atoms with van der Waals surface area (Å²) in [5.41, 5.74) is 0.0885. The van der Waals surface area contributed by atoms with E-state index in [4.69, 9.17) is 5.11 Å². The molecule has 5 heteroatoms. The zero-order valence-corrected chi connectivity index (χ0v) is 8.10. The third-order valence-corrected chi connectivity index (χ3v) is 2.86. The van der Waals surface area contributed by atoms with Gasteiger partial charge in [0.05, 0.1) is 4.70 Å². The van der Waals surface area contributed by atoms with Gasteiger partial charge in [-0.3, -0.25) is 0 Å². The minimum absolute atomic E-state index is 0.0885. The first-order chi connectivity index (χ1) is 6.20. The summed E-state index contributed by atoms with van der Waals surface area (Å²) >= 11 is 5.36. The Morgan fingerprint density at radius 2 is 2.31 bits per heavy atom. The van der Waals surface area contributed by atoms with E-state index in [1.165, 1.54) is 11.5 Å². The number of hydrogen-bond acceptors (Lipinski definition) is 4. The van der Waals surface area contributed by atoms with Gasteiger partial charge in [0.1, 0.15) is 0 Å². The van der Waals surface area contributed by atoms with E-state index in [1.54, 1.807) is 6.07 Å². The van der Waals surface area contributed by atoms with Crippen molar-refractivity contribution in [3.8, 4) is 0 Å². The highest BCUT2D eigenvalue weighted by atomic mass is 32.1. The number of hydrogen-bond donors (Lipinski definition) is 2. The molecule has 1 heterocycles. The van der Waals surface area contributed by atoms with E-state index in [2.05, 4.69) is 17.0 Å². The van der Waals surface area contributed by atoms with Crippen LogP contribution in [0.25, 0.3) is 10.1 Å². The summed E-state index contributed by atoms with van der Waals surface area (Å²) in [6.45, 7) is 0. The molecule has 0 fully saturated rings. The molecule has 1 aromatic carbocycles. The second kappa shape index (κ2) is 3.01. The molecule has 0 aliphatic carbocycles. The zero-order valence-electron chi connectivity index (χ0n) is 6.39. The Bertz CT molecular complexity index is 478. The van der Waals surface area contributed by atoms with Crippen molar-refractivity contribution in [2.45, 2.75) is 4.90 Å². The Morgan fingerprint density at radius 1 is 1.54 bits per heavy atom. The van der Waals surface area contributed by atoms with Crippen LogP contribution >= 0.6 is 24.2 Å². The highest BCUT2D eigenvalue weighted by Gasteiger charge is 2.14. The SMILES string of the molecule is O=C(O)c1nsc2cccc(S)c12. The van der Waals surface area contributed by atoms with E-state index in [9.17, 15) is 4.79 Å². The van der Waals surface area contributed by atoms with Crippen LogP contribution in [0.4, 0.5) is 0 Å². The molecule has 0 amide bonds. The number of benzene rings is 1. The smallest absolute Gasteiger partial charge is 0.356 e. The lowest BCUT2D eigenvalue weighted by Crippen LogP contribution is -1.96. The van der Waals surface area contributed by atoms with Crippen LogP contribution in [0.3, 0.4) is 0 Å². The minimum atomic E-state index is -1.01. The predicted octanol–water partition coefficient (Wildman–Crippen LogP) is 2.28. The van der Waals surface area contributed by atoms with Gasteiger partial charge in [-0.15, -0.1) is 12.6 Å². The Hall–Kier alpha value is -1.07. The third kappa shape index (κ3) is 1.30. The molecule has 0 unspecified atom stereocenters. The Labute approximate surface area is 83.6 Å². The maximum Gasteiger partial charge on any atom is 0.356 e. The van der Waals surface area contributed by atoms with Gasteiger partial charge in [0.15, 0.2) is 5.69 Å². The van der Waals surface area contributed by atoms with Crippen LogP contribution in [0.5, 0.6) is 0 Å². The number of thiol groups is 1. The van der Waals surface area contributed by atoms with Crippen LogP contribution in [0.1, 0.15) is 10.5 Å². The summed E-state index contributed by atoms with van der Waals surface area (Å²) in [6.07, 6.45) is 0. The molecule has 0 radical (unpaired) electrons. The largest absolute Gasteiger partial charge is 0.476 e. The third-order valence-electron chi connectivity index (χ3n) is 1.68. The van der Waals surface area contributed by atoms with Crippen molar-refractivity contribution in [3.63, 3.8) is 0 Å². The van der Waals surface area contributed by atoms with Crippen molar-refractivity contribution in [3.05, 3.63) is 23.9 Å². The van der Waals surface area contributed by atoms with Gasteiger partial charge in [-0.2, -0.15) is 4.37 Å². The molecule has 0 atom stereocenters. The molecule has 0 saturated carbocycles. The summed E-state index contributed by atoms with van der Waals surface area (Å²) < 4.78 is 4.70. The topological polar surface area (TPSA) is 50.2 Å². The van der Waals surface area contributed by atoms with Crippen molar-refractivity contribution >= 4 is 40.2 Å². The molecule has 0 saturated heterocycles. The van der Waals surface area contributed by atoms with Gasteiger partial charge in [-0.05, 0) is 23.7 Å². The molecule has 3 nitrogen and oxygen atoms in total. The monoisotopic (exact) mass is 211 g/mol. The van der Waals surface area contributed by atoms with E-state index in [0.29, 0.717) is 10.3 Å². The van der Waals surface area contributed by atoms with Gasteiger partial charge >= 0.3 is 5.97 Å². The van der Waals surface area contributed by atoms with Crippen LogP contribution in [0.15, 0.2) is 23.1 Å². The second-order valence-corrected chi connectivity index (χ2v) is 3.77. The summed E-state index contributed by atoms with van der Waals surface area (Å²) in [7, 11) is 0. The maximum absolute atomic E-state index is 10.7. The van der Waals surface area contributed by atoms with Crippen LogP contribution in [-0.4, -0.2) is 15.4 Å². The first kappa shape index (κ1) is 8.52. The first-order valence-corrected chi connectivity index (χ1v) is 4.73. The van der Waals surface area contributed by atoms with E-state index < -0.39 is 5.97 Å². The lowest BCUT2D eigenvalue weighted by Gasteiger charge is -1.93. The number of nitrogens with zero attached hydrogens (tertiary/aromatic N) is 1. The van der Waals surface area contributed by atoms with Gasteiger partial charge in [-0.1, -0.05) is 6.07 Å². The highest BCUT2D eigenvalue weighted by molar-refractivity contribution is 7.80. The predicted molar refractivity (Wildman–Crippen MR) is 53.8 cm³/mol. The van der Waals surface area contributed by atoms with Crippen molar-refractivity contribution in [1.29, 1.82) is 0 Å². The normalized spacial score (nSPS) is 10.5. The average molecular weight is 211 g/mol. The molecule has 1 N–H and O–H groups in total. The highest BCUT2D eigenvalue weighted by Crippen LogP contribution is 2.28. The molecule has 0 spiro atoms. The average Bonchev–Trinajstić information content (AvgIpc) is 2.49. The Morgan fingerprint density at radius 3 is 3.00 bits per heavy atom. The lowest BCUT2D eigenvalue weighted by molar-refractivity contribution is 0.0694.